The van der Waals surface area contributed by atoms with Crippen LogP contribution in [0.25, 0.3) is 0 Å². The monoisotopic (exact) mass is 314 g/mol. The molecule has 0 aromatic heterocycles. The second-order valence-electron chi connectivity index (χ2n) is 5.29. The summed E-state index contributed by atoms with van der Waals surface area (Å²) in [6.45, 7) is 4.20. The first-order chi connectivity index (χ1) is 11.0. The molecule has 0 heterocycles. The Labute approximate surface area is 136 Å². The Kier molecular flexibility index (Phi) is 5.46. The van der Waals surface area contributed by atoms with Crippen LogP contribution in [-0.2, 0) is 4.79 Å². The Bertz CT molecular complexity index is 699. The first-order valence-electron chi connectivity index (χ1n) is 7.36. The number of anilines is 2. The van der Waals surface area contributed by atoms with Crippen LogP contribution in [-0.4, -0.2) is 26.7 Å². The lowest BCUT2D eigenvalue weighted by Gasteiger charge is -2.13. The average molecular weight is 314 g/mol. The van der Waals surface area contributed by atoms with E-state index in [4.69, 9.17) is 9.47 Å². The minimum absolute atomic E-state index is 0.155. The summed E-state index contributed by atoms with van der Waals surface area (Å²) in [6, 6.07) is 11.4. The molecule has 122 valence electrons. The zero-order chi connectivity index (χ0) is 16.8. The van der Waals surface area contributed by atoms with Gasteiger partial charge in [-0.2, -0.15) is 0 Å². The fourth-order valence-corrected chi connectivity index (χ4v) is 2.21. The molecular formula is C18H22N2O3. The molecular weight excluding hydrogens is 292 g/mol. The van der Waals surface area contributed by atoms with Crippen LogP contribution in [0, 0.1) is 13.8 Å². The first kappa shape index (κ1) is 16.7. The lowest BCUT2D eigenvalue weighted by molar-refractivity contribution is -0.114. The highest BCUT2D eigenvalue weighted by Crippen LogP contribution is 2.28. The van der Waals surface area contributed by atoms with E-state index >= 15 is 0 Å². The van der Waals surface area contributed by atoms with Gasteiger partial charge in [0, 0.05) is 11.8 Å². The second kappa shape index (κ2) is 7.54. The summed E-state index contributed by atoms with van der Waals surface area (Å²) < 4.78 is 10.4. The van der Waals surface area contributed by atoms with Crippen LogP contribution in [0.4, 0.5) is 11.4 Å². The van der Waals surface area contributed by atoms with Crippen LogP contribution in [0.3, 0.4) is 0 Å². The molecule has 0 fully saturated rings. The number of hydrogen-bond donors (Lipinski definition) is 2. The highest BCUT2D eigenvalue weighted by molar-refractivity contribution is 5.95. The van der Waals surface area contributed by atoms with E-state index in [2.05, 4.69) is 10.6 Å². The van der Waals surface area contributed by atoms with Crippen molar-refractivity contribution in [3.05, 3.63) is 47.5 Å². The Morgan fingerprint density at radius 2 is 1.78 bits per heavy atom. The van der Waals surface area contributed by atoms with Crippen molar-refractivity contribution in [3.8, 4) is 11.5 Å². The molecule has 5 nitrogen and oxygen atoms in total. The maximum Gasteiger partial charge on any atom is 0.243 e. The van der Waals surface area contributed by atoms with E-state index in [9.17, 15) is 4.79 Å². The molecule has 0 bridgehead atoms. The predicted molar refractivity (Wildman–Crippen MR) is 92.6 cm³/mol. The summed E-state index contributed by atoms with van der Waals surface area (Å²) in [4.78, 5) is 12.2. The van der Waals surface area contributed by atoms with E-state index in [1.165, 1.54) is 0 Å². The van der Waals surface area contributed by atoms with Gasteiger partial charge in [0.05, 0.1) is 26.5 Å². The molecule has 0 aliphatic rings. The smallest absolute Gasteiger partial charge is 0.243 e. The van der Waals surface area contributed by atoms with Crippen molar-refractivity contribution in [1.29, 1.82) is 0 Å². The Morgan fingerprint density at radius 3 is 2.48 bits per heavy atom. The number of hydrogen-bond acceptors (Lipinski definition) is 4. The fourth-order valence-electron chi connectivity index (χ4n) is 2.21. The average Bonchev–Trinajstić information content (AvgIpc) is 2.55. The largest absolute Gasteiger partial charge is 0.497 e. The number of carbonyl (C=O) groups is 1. The molecule has 2 aromatic carbocycles. The molecule has 2 N–H and O–H groups in total. The van der Waals surface area contributed by atoms with Crippen LogP contribution in [0.2, 0.25) is 0 Å². The molecule has 0 atom stereocenters. The fraction of sp³-hybridized carbons (Fsp3) is 0.278. The van der Waals surface area contributed by atoms with Gasteiger partial charge < -0.3 is 20.1 Å². The molecule has 23 heavy (non-hydrogen) atoms. The topological polar surface area (TPSA) is 59.6 Å². The van der Waals surface area contributed by atoms with E-state index < -0.39 is 0 Å². The minimum atomic E-state index is -0.155. The van der Waals surface area contributed by atoms with Gasteiger partial charge >= 0.3 is 0 Å². The summed E-state index contributed by atoms with van der Waals surface area (Å²) in [5.41, 5.74) is 3.78. The van der Waals surface area contributed by atoms with Gasteiger partial charge in [0.15, 0.2) is 0 Å². The molecule has 5 heteroatoms. The first-order valence-corrected chi connectivity index (χ1v) is 7.36. The van der Waals surface area contributed by atoms with Crippen molar-refractivity contribution in [3.63, 3.8) is 0 Å². The van der Waals surface area contributed by atoms with E-state index in [-0.39, 0.29) is 12.5 Å². The highest BCUT2D eigenvalue weighted by Gasteiger charge is 2.09. The minimum Gasteiger partial charge on any atom is -0.497 e. The van der Waals surface area contributed by atoms with Crippen molar-refractivity contribution in [2.45, 2.75) is 13.8 Å². The Morgan fingerprint density at radius 1 is 1.00 bits per heavy atom. The third-order valence-electron chi connectivity index (χ3n) is 3.51. The van der Waals surface area contributed by atoms with Gasteiger partial charge in [-0.15, -0.1) is 0 Å². The van der Waals surface area contributed by atoms with Crippen molar-refractivity contribution >= 4 is 17.3 Å². The quantitative estimate of drug-likeness (QED) is 0.858. The third-order valence-corrected chi connectivity index (χ3v) is 3.51. The second-order valence-corrected chi connectivity index (χ2v) is 5.29. The number of rotatable bonds is 6. The Hall–Kier alpha value is -2.69. The summed E-state index contributed by atoms with van der Waals surface area (Å²) >= 11 is 0. The van der Waals surface area contributed by atoms with Crippen LogP contribution >= 0.6 is 0 Å². The van der Waals surface area contributed by atoms with Crippen molar-refractivity contribution < 1.29 is 14.3 Å². The molecule has 2 aromatic rings. The summed E-state index contributed by atoms with van der Waals surface area (Å²) in [7, 11) is 3.14. The van der Waals surface area contributed by atoms with Gasteiger partial charge in [-0.3, -0.25) is 4.79 Å². The lowest BCUT2D eigenvalue weighted by Crippen LogP contribution is -2.22. The molecule has 0 unspecified atom stereocenters. The van der Waals surface area contributed by atoms with Crippen molar-refractivity contribution in [1.82, 2.24) is 0 Å². The molecule has 2 rings (SSSR count). The molecule has 1 amide bonds. The molecule has 0 saturated heterocycles. The Balaban J connectivity index is 2.03. The number of aryl methyl sites for hydroxylation is 2. The van der Waals surface area contributed by atoms with Crippen molar-refractivity contribution in [2.24, 2.45) is 0 Å². The van der Waals surface area contributed by atoms with E-state index in [0.717, 1.165) is 16.8 Å². The van der Waals surface area contributed by atoms with Gasteiger partial charge in [0.1, 0.15) is 11.5 Å². The van der Waals surface area contributed by atoms with Gasteiger partial charge in [-0.1, -0.05) is 12.1 Å². The van der Waals surface area contributed by atoms with Gasteiger partial charge in [-0.25, -0.2) is 0 Å². The molecule has 0 radical (unpaired) electrons. The standard InChI is InChI=1S/C18H22N2O3/c1-12-5-6-13(2)15(9-12)19-11-18(21)20-16-10-14(22-3)7-8-17(16)23-4/h5-10,19H,11H2,1-4H3,(H,20,21). The number of nitrogens with one attached hydrogen (secondary N) is 2. The maximum absolute atomic E-state index is 12.2. The number of methoxy groups -OCH3 is 2. The van der Waals surface area contributed by atoms with E-state index in [0.29, 0.717) is 17.2 Å². The zero-order valence-corrected chi connectivity index (χ0v) is 13.9. The number of carbonyl (C=O) groups excluding carboxylic acids is 1. The molecule has 0 aliphatic carbocycles. The normalized spacial score (nSPS) is 10.1. The summed E-state index contributed by atoms with van der Waals surface area (Å²) in [6.07, 6.45) is 0. The molecule has 0 aliphatic heterocycles. The number of amides is 1. The SMILES string of the molecule is COc1ccc(OC)c(NC(=O)CNc2cc(C)ccc2C)c1. The zero-order valence-electron chi connectivity index (χ0n) is 13.9. The van der Waals surface area contributed by atoms with Gasteiger partial charge in [0.25, 0.3) is 0 Å². The number of benzene rings is 2. The van der Waals surface area contributed by atoms with Crippen LogP contribution in [0.5, 0.6) is 11.5 Å². The molecule has 0 spiro atoms. The summed E-state index contributed by atoms with van der Waals surface area (Å²) in [5, 5.41) is 5.99. The maximum atomic E-state index is 12.2. The molecule has 0 saturated carbocycles. The van der Waals surface area contributed by atoms with Gasteiger partial charge in [-0.05, 0) is 43.2 Å². The van der Waals surface area contributed by atoms with E-state index in [1.54, 1.807) is 32.4 Å². The van der Waals surface area contributed by atoms with Crippen molar-refractivity contribution in [2.75, 3.05) is 31.4 Å². The van der Waals surface area contributed by atoms with Crippen LogP contribution in [0.15, 0.2) is 36.4 Å². The van der Waals surface area contributed by atoms with E-state index in [1.807, 2.05) is 32.0 Å². The predicted octanol–water partition coefficient (Wildman–Crippen LogP) is 3.37. The third kappa shape index (κ3) is 4.39. The number of ether oxygens (including phenoxy) is 2. The van der Waals surface area contributed by atoms with Gasteiger partial charge in [0.2, 0.25) is 5.91 Å². The lowest BCUT2D eigenvalue weighted by atomic mass is 10.1. The summed E-state index contributed by atoms with van der Waals surface area (Å²) in [5.74, 6) is 1.09. The van der Waals surface area contributed by atoms with Crippen LogP contribution in [0.1, 0.15) is 11.1 Å². The highest BCUT2D eigenvalue weighted by atomic mass is 16.5. The van der Waals surface area contributed by atoms with Crippen LogP contribution < -0.4 is 20.1 Å².